The number of carbonyl (C=O) groups is 1. The van der Waals surface area contributed by atoms with Gasteiger partial charge in [0.1, 0.15) is 5.82 Å². The number of benzene rings is 2. The summed E-state index contributed by atoms with van der Waals surface area (Å²) in [5.41, 5.74) is 6.99. The summed E-state index contributed by atoms with van der Waals surface area (Å²) in [7, 11) is 3.01. The highest BCUT2D eigenvalue weighted by atomic mass is 35.5. The number of nitrogens with two attached hydrogens (primary N) is 1. The van der Waals surface area contributed by atoms with E-state index in [0.717, 1.165) is 0 Å². The number of halogens is 2. The lowest BCUT2D eigenvalue weighted by molar-refractivity contribution is 0.100. The van der Waals surface area contributed by atoms with Gasteiger partial charge in [-0.3, -0.25) is 9.78 Å². The van der Waals surface area contributed by atoms with Crippen LogP contribution < -0.4 is 20.5 Å². The number of amides is 1. The topological polar surface area (TPSA) is 86.5 Å². The first kappa shape index (κ1) is 17.8. The zero-order valence-electron chi connectivity index (χ0n) is 14.0. The van der Waals surface area contributed by atoms with Crippen molar-refractivity contribution < 1.29 is 18.7 Å². The lowest BCUT2D eigenvalue weighted by atomic mass is 10.1. The van der Waals surface area contributed by atoms with Gasteiger partial charge in [-0.05, 0) is 24.3 Å². The molecule has 3 N–H and O–H groups in total. The van der Waals surface area contributed by atoms with Crippen LogP contribution in [0.15, 0.2) is 36.5 Å². The number of ether oxygens (including phenoxy) is 2. The standard InChI is InChI=1S/C18H15ClFN3O3/c1-25-15-6-10-14(7-16(15)26-2)22-8-11(18(21)24)17(10)23-13-4-3-9(20)5-12(13)19/h3-8H,1-2H3,(H2,21,24)(H,22,23). The summed E-state index contributed by atoms with van der Waals surface area (Å²) in [6.07, 6.45) is 1.36. The molecule has 0 unspecified atom stereocenters. The summed E-state index contributed by atoms with van der Waals surface area (Å²) in [5, 5.41) is 3.77. The zero-order chi connectivity index (χ0) is 18.8. The maximum Gasteiger partial charge on any atom is 0.252 e. The predicted molar refractivity (Wildman–Crippen MR) is 98.1 cm³/mol. The first-order valence-corrected chi connectivity index (χ1v) is 7.89. The van der Waals surface area contributed by atoms with Gasteiger partial charge in [-0.1, -0.05) is 11.6 Å². The largest absolute Gasteiger partial charge is 0.493 e. The summed E-state index contributed by atoms with van der Waals surface area (Å²) in [6.45, 7) is 0. The molecule has 0 aliphatic rings. The van der Waals surface area contributed by atoms with Crippen LogP contribution in [0.25, 0.3) is 10.9 Å². The minimum Gasteiger partial charge on any atom is -0.493 e. The summed E-state index contributed by atoms with van der Waals surface area (Å²) in [5.74, 6) is -0.196. The molecule has 0 saturated heterocycles. The van der Waals surface area contributed by atoms with Gasteiger partial charge < -0.3 is 20.5 Å². The molecule has 0 spiro atoms. The molecule has 134 valence electrons. The summed E-state index contributed by atoms with van der Waals surface area (Å²) in [4.78, 5) is 16.1. The molecule has 1 aromatic heterocycles. The molecule has 0 atom stereocenters. The van der Waals surface area contributed by atoms with E-state index in [0.29, 0.717) is 33.8 Å². The number of nitrogens with one attached hydrogen (secondary N) is 1. The number of carbonyl (C=O) groups excluding carboxylic acids is 1. The predicted octanol–water partition coefficient (Wildman–Crippen LogP) is 3.89. The number of methoxy groups -OCH3 is 2. The average molecular weight is 376 g/mol. The third-order valence-corrected chi connectivity index (χ3v) is 4.14. The van der Waals surface area contributed by atoms with E-state index >= 15 is 0 Å². The van der Waals surface area contributed by atoms with Crippen molar-refractivity contribution in [2.24, 2.45) is 5.73 Å². The number of fused-ring (bicyclic) bond motifs is 1. The van der Waals surface area contributed by atoms with Gasteiger partial charge in [0.2, 0.25) is 0 Å². The SMILES string of the molecule is COc1cc2ncc(C(N)=O)c(Nc3ccc(F)cc3Cl)c2cc1OC. The molecule has 0 fully saturated rings. The van der Waals surface area contributed by atoms with E-state index in [-0.39, 0.29) is 10.6 Å². The van der Waals surface area contributed by atoms with E-state index < -0.39 is 11.7 Å². The Kier molecular flexibility index (Phi) is 4.81. The number of aromatic nitrogens is 1. The normalized spacial score (nSPS) is 10.6. The van der Waals surface area contributed by atoms with Crippen LogP contribution >= 0.6 is 11.6 Å². The lowest BCUT2D eigenvalue weighted by Gasteiger charge is -2.16. The highest BCUT2D eigenvalue weighted by molar-refractivity contribution is 6.33. The van der Waals surface area contributed by atoms with Gasteiger partial charge in [-0.15, -0.1) is 0 Å². The van der Waals surface area contributed by atoms with E-state index in [4.69, 9.17) is 26.8 Å². The smallest absolute Gasteiger partial charge is 0.252 e. The molecule has 6 nitrogen and oxygen atoms in total. The molecule has 8 heteroatoms. The maximum atomic E-state index is 13.3. The fourth-order valence-electron chi connectivity index (χ4n) is 2.57. The number of primary amides is 1. The van der Waals surface area contributed by atoms with Gasteiger partial charge in [0.05, 0.1) is 41.7 Å². The Labute approximate surface area is 153 Å². The van der Waals surface area contributed by atoms with Crippen LogP contribution in [0.3, 0.4) is 0 Å². The van der Waals surface area contributed by atoms with Crippen molar-refractivity contribution in [3.63, 3.8) is 0 Å². The average Bonchev–Trinajstić information content (AvgIpc) is 2.62. The van der Waals surface area contributed by atoms with Gasteiger partial charge in [0, 0.05) is 17.6 Å². The Morgan fingerprint density at radius 3 is 2.50 bits per heavy atom. The number of hydrogen-bond donors (Lipinski definition) is 2. The van der Waals surface area contributed by atoms with E-state index in [1.165, 1.54) is 38.6 Å². The fraction of sp³-hybridized carbons (Fsp3) is 0.111. The number of rotatable bonds is 5. The molecule has 0 aliphatic carbocycles. The third-order valence-electron chi connectivity index (χ3n) is 3.83. The quantitative estimate of drug-likeness (QED) is 0.706. The van der Waals surface area contributed by atoms with Crippen LogP contribution in [-0.4, -0.2) is 25.1 Å². The van der Waals surface area contributed by atoms with Crippen molar-refractivity contribution in [2.45, 2.75) is 0 Å². The van der Waals surface area contributed by atoms with E-state index in [1.807, 2.05) is 0 Å². The molecule has 3 rings (SSSR count). The zero-order valence-corrected chi connectivity index (χ0v) is 14.7. The monoisotopic (exact) mass is 375 g/mol. The van der Waals surface area contributed by atoms with Crippen molar-refractivity contribution in [1.82, 2.24) is 4.98 Å². The Morgan fingerprint density at radius 2 is 1.88 bits per heavy atom. The molecule has 0 aliphatic heterocycles. The van der Waals surface area contributed by atoms with Gasteiger partial charge in [-0.2, -0.15) is 0 Å². The molecule has 26 heavy (non-hydrogen) atoms. The van der Waals surface area contributed by atoms with Crippen LogP contribution in [-0.2, 0) is 0 Å². The summed E-state index contributed by atoms with van der Waals surface area (Å²) >= 11 is 6.09. The van der Waals surface area contributed by atoms with E-state index in [1.54, 1.807) is 12.1 Å². The number of pyridine rings is 1. The van der Waals surface area contributed by atoms with Crippen molar-refractivity contribution in [3.05, 3.63) is 52.9 Å². The first-order valence-electron chi connectivity index (χ1n) is 7.51. The molecule has 0 radical (unpaired) electrons. The van der Waals surface area contributed by atoms with Gasteiger partial charge >= 0.3 is 0 Å². The third kappa shape index (κ3) is 3.21. The molecule has 1 amide bonds. The van der Waals surface area contributed by atoms with Crippen LogP contribution in [0.1, 0.15) is 10.4 Å². The van der Waals surface area contributed by atoms with Crippen molar-refractivity contribution in [2.75, 3.05) is 19.5 Å². The number of nitrogens with zero attached hydrogens (tertiary/aromatic N) is 1. The van der Waals surface area contributed by atoms with Crippen LogP contribution in [0, 0.1) is 5.82 Å². The minimum absolute atomic E-state index is 0.158. The second-order valence-corrected chi connectivity index (χ2v) is 5.79. The minimum atomic E-state index is -0.671. The molecular weight excluding hydrogens is 361 g/mol. The number of anilines is 2. The molecule has 0 saturated carbocycles. The van der Waals surface area contributed by atoms with Crippen molar-refractivity contribution >= 4 is 39.8 Å². The van der Waals surface area contributed by atoms with Crippen molar-refractivity contribution in [3.8, 4) is 11.5 Å². The van der Waals surface area contributed by atoms with Crippen LogP contribution in [0.2, 0.25) is 5.02 Å². The fourth-order valence-corrected chi connectivity index (χ4v) is 2.78. The maximum absolute atomic E-state index is 13.3. The van der Waals surface area contributed by atoms with Crippen LogP contribution in [0.5, 0.6) is 11.5 Å². The lowest BCUT2D eigenvalue weighted by Crippen LogP contribution is -2.14. The second kappa shape index (κ2) is 7.05. The molecule has 0 bridgehead atoms. The van der Waals surface area contributed by atoms with E-state index in [2.05, 4.69) is 10.3 Å². The van der Waals surface area contributed by atoms with E-state index in [9.17, 15) is 9.18 Å². The molecule has 3 aromatic rings. The van der Waals surface area contributed by atoms with Crippen molar-refractivity contribution in [1.29, 1.82) is 0 Å². The highest BCUT2D eigenvalue weighted by Crippen LogP contribution is 2.38. The highest BCUT2D eigenvalue weighted by Gasteiger charge is 2.17. The van der Waals surface area contributed by atoms with Gasteiger partial charge in [0.15, 0.2) is 11.5 Å². The summed E-state index contributed by atoms with van der Waals surface area (Å²) < 4.78 is 23.9. The first-order chi connectivity index (χ1) is 12.4. The summed E-state index contributed by atoms with van der Waals surface area (Å²) in [6, 6.07) is 7.24. The molecule has 2 aromatic carbocycles. The Hall–Kier alpha value is -3.06. The second-order valence-electron chi connectivity index (χ2n) is 5.38. The molecule has 1 heterocycles. The molecular formula is C18H15ClFN3O3. The van der Waals surface area contributed by atoms with Crippen LogP contribution in [0.4, 0.5) is 15.8 Å². The Morgan fingerprint density at radius 1 is 1.19 bits per heavy atom. The number of hydrogen-bond acceptors (Lipinski definition) is 5. The Balaban J connectivity index is 2.25. The van der Waals surface area contributed by atoms with Gasteiger partial charge in [-0.25, -0.2) is 4.39 Å². The Bertz CT molecular complexity index is 1010. The van der Waals surface area contributed by atoms with Gasteiger partial charge in [0.25, 0.3) is 5.91 Å².